The van der Waals surface area contributed by atoms with Crippen molar-refractivity contribution in [3.05, 3.63) is 65.7 Å². The van der Waals surface area contributed by atoms with Crippen LogP contribution in [-0.2, 0) is 6.61 Å². The molecule has 0 aliphatic carbocycles. The van der Waals surface area contributed by atoms with E-state index in [0.717, 1.165) is 5.75 Å². The maximum Gasteiger partial charge on any atom is 0.120 e. The SMILES string of the molecule is CC.CC.Cc1cccc(OCc2ccccc2)c1. The summed E-state index contributed by atoms with van der Waals surface area (Å²) in [5.74, 6) is 0.929. The molecule has 0 bridgehead atoms. The molecule has 0 unspecified atom stereocenters. The van der Waals surface area contributed by atoms with Crippen LogP contribution >= 0.6 is 0 Å². The number of benzene rings is 2. The van der Waals surface area contributed by atoms with Crippen LogP contribution in [0.5, 0.6) is 5.75 Å². The Morgan fingerprint density at radius 2 is 1.42 bits per heavy atom. The molecule has 1 heteroatoms. The lowest BCUT2D eigenvalue weighted by Gasteiger charge is -2.06. The van der Waals surface area contributed by atoms with E-state index in [0.29, 0.717) is 6.61 Å². The highest BCUT2D eigenvalue weighted by atomic mass is 16.5. The normalized spacial score (nSPS) is 8.47. The second-order valence-electron chi connectivity index (χ2n) is 3.59. The zero-order valence-corrected chi connectivity index (χ0v) is 12.8. The van der Waals surface area contributed by atoms with Crippen LogP contribution in [0.3, 0.4) is 0 Å². The van der Waals surface area contributed by atoms with E-state index < -0.39 is 0 Å². The van der Waals surface area contributed by atoms with Crippen molar-refractivity contribution in [1.82, 2.24) is 0 Å². The van der Waals surface area contributed by atoms with Gasteiger partial charge < -0.3 is 4.74 Å². The van der Waals surface area contributed by atoms with Gasteiger partial charge in [-0.25, -0.2) is 0 Å². The van der Waals surface area contributed by atoms with Crippen LogP contribution in [0.25, 0.3) is 0 Å². The van der Waals surface area contributed by atoms with Crippen molar-refractivity contribution < 1.29 is 4.74 Å². The zero-order chi connectivity index (χ0) is 14.5. The molecule has 0 spiro atoms. The van der Waals surface area contributed by atoms with Crippen molar-refractivity contribution >= 4 is 0 Å². The maximum atomic E-state index is 5.67. The van der Waals surface area contributed by atoms with Gasteiger partial charge in [0, 0.05) is 0 Å². The highest BCUT2D eigenvalue weighted by molar-refractivity contribution is 5.27. The molecule has 19 heavy (non-hydrogen) atoms. The highest BCUT2D eigenvalue weighted by Gasteiger charge is 1.94. The van der Waals surface area contributed by atoms with Crippen molar-refractivity contribution in [2.45, 2.75) is 41.2 Å². The molecule has 2 rings (SSSR count). The smallest absolute Gasteiger partial charge is 0.120 e. The second kappa shape index (κ2) is 11.3. The zero-order valence-electron chi connectivity index (χ0n) is 12.8. The molecule has 104 valence electrons. The van der Waals surface area contributed by atoms with E-state index in [1.165, 1.54) is 11.1 Å². The number of aryl methyl sites for hydroxylation is 1. The molecule has 0 fully saturated rings. The first kappa shape index (κ1) is 17.2. The van der Waals surface area contributed by atoms with Crippen LogP contribution < -0.4 is 4.74 Å². The lowest BCUT2D eigenvalue weighted by molar-refractivity contribution is 0.306. The summed E-state index contributed by atoms with van der Waals surface area (Å²) in [6.45, 7) is 10.7. The summed E-state index contributed by atoms with van der Waals surface area (Å²) in [5, 5.41) is 0. The first-order chi connectivity index (χ1) is 9.34. The van der Waals surface area contributed by atoms with Gasteiger partial charge in [0.05, 0.1) is 0 Å². The number of hydrogen-bond acceptors (Lipinski definition) is 1. The van der Waals surface area contributed by atoms with Crippen molar-refractivity contribution in [3.8, 4) is 5.75 Å². The Hall–Kier alpha value is -1.76. The molecular weight excluding hydrogens is 232 g/mol. The topological polar surface area (TPSA) is 9.23 Å². The van der Waals surface area contributed by atoms with Gasteiger partial charge in [-0.2, -0.15) is 0 Å². The summed E-state index contributed by atoms with van der Waals surface area (Å²) in [4.78, 5) is 0. The monoisotopic (exact) mass is 258 g/mol. The van der Waals surface area contributed by atoms with Gasteiger partial charge in [0.2, 0.25) is 0 Å². The van der Waals surface area contributed by atoms with Gasteiger partial charge in [-0.3, -0.25) is 0 Å². The Labute approximate surface area is 118 Å². The van der Waals surface area contributed by atoms with E-state index in [2.05, 4.69) is 25.1 Å². The third-order valence-corrected chi connectivity index (χ3v) is 2.24. The fourth-order valence-corrected chi connectivity index (χ4v) is 1.45. The largest absolute Gasteiger partial charge is 0.489 e. The van der Waals surface area contributed by atoms with Gasteiger partial charge in [-0.15, -0.1) is 0 Å². The summed E-state index contributed by atoms with van der Waals surface area (Å²) in [7, 11) is 0. The molecule has 0 radical (unpaired) electrons. The van der Waals surface area contributed by atoms with E-state index in [9.17, 15) is 0 Å². The molecule has 2 aromatic rings. The van der Waals surface area contributed by atoms with Gasteiger partial charge in [0.1, 0.15) is 12.4 Å². The molecule has 0 saturated heterocycles. The summed E-state index contributed by atoms with van der Waals surface area (Å²) in [5.41, 5.74) is 2.42. The quantitative estimate of drug-likeness (QED) is 0.693. The first-order valence-electron chi connectivity index (χ1n) is 7.08. The Balaban J connectivity index is 0.000000741. The minimum atomic E-state index is 0.629. The van der Waals surface area contributed by atoms with Crippen molar-refractivity contribution in [3.63, 3.8) is 0 Å². The summed E-state index contributed by atoms with van der Waals surface area (Å²) in [6, 6.07) is 18.3. The van der Waals surface area contributed by atoms with Crippen molar-refractivity contribution in [1.29, 1.82) is 0 Å². The Morgan fingerprint density at radius 1 is 0.789 bits per heavy atom. The lowest BCUT2D eigenvalue weighted by atomic mass is 10.2. The van der Waals surface area contributed by atoms with Crippen LogP contribution in [-0.4, -0.2) is 0 Å². The average molecular weight is 258 g/mol. The molecule has 0 N–H and O–H groups in total. The van der Waals surface area contributed by atoms with Gasteiger partial charge in [0.25, 0.3) is 0 Å². The van der Waals surface area contributed by atoms with E-state index in [4.69, 9.17) is 4.74 Å². The average Bonchev–Trinajstić information content (AvgIpc) is 2.50. The molecule has 0 saturated carbocycles. The van der Waals surface area contributed by atoms with E-state index in [1.54, 1.807) is 0 Å². The molecule has 2 aromatic carbocycles. The van der Waals surface area contributed by atoms with Crippen LogP contribution in [0.4, 0.5) is 0 Å². The summed E-state index contributed by atoms with van der Waals surface area (Å²) >= 11 is 0. The third-order valence-electron chi connectivity index (χ3n) is 2.24. The molecule has 0 aliphatic rings. The van der Waals surface area contributed by atoms with Crippen molar-refractivity contribution in [2.75, 3.05) is 0 Å². The molecule has 0 aliphatic heterocycles. The molecule has 0 atom stereocenters. The van der Waals surface area contributed by atoms with Crippen LogP contribution in [0, 0.1) is 6.92 Å². The Morgan fingerprint density at radius 3 is 2.00 bits per heavy atom. The predicted octanol–water partition coefficient (Wildman–Crippen LogP) is 5.63. The van der Waals surface area contributed by atoms with Gasteiger partial charge in [0.15, 0.2) is 0 Å². The third kappa shape index (κ3) is 7.30. The molecule has 0 heterocycles. The van der Waals surface area contributed by atoms with Gasteiger partial charge >= 0.3 is 0 Å². The molecule has 0 amide bonds. The van der Waals surface area contributed by atoms with E-state index in [1.807, 2.05) is 64.1 Å². The molecule has 0 aromatic heterocycles. The van der Waals surface area contributed by atoms with Gasteiger partial charge in [-0.1, -0.05) is 70.2 Å². The number of rotatable bonds is 3. The van der Waals surface area contributed by atoms with Crippen LogP contribution in [0.2, 0.25) is 0 Å². The first-order valence-corrected chi connectivity index (χ1v) is 7.08. The minimum Gasteiger partial charge on any atom is -0.489 e. The summed E-state index contributed by atoms with van der Waals surface area (Å²) < 4.78 is 5.67. The fraction of sp³-hybridized carbons (Fsp3) is 0.333. The fourth-order valence-electron chi connectivity index (χ4n) is 1.45. The summed E-state index contributed by atoms with van der Waals surface area (Å²) in [6.07, 6.45) is 0. The van der Waals surface area contributed by atoms with E-state index >= 15 is 0 Å². The molecule has 1 nitrogen and oxygen atoms in total. The minimum absolute atomic E-state index is 0.629. The van der Waals surface area contributed by atoms with Gasteiger partial charge in [-0.05, 0) is 30.2 Å². The Kier molecular flexibility index (Phi) is 10.3. The van der Waals surface area contributed by atoms with Crippen molar-refractivity contribution in [2.24, 2.45) is 0 Å². The number of ether oxygens (including phenoxy) is 1. The van der Waals surface area contributed by atoms with E-state index in [-0.39, 0.29) is 0 Å². The highest BCUT2D eigenvalue weighted by Crippen LogP contribution is 2.14. The van der Waals surface area contributed by atoms with Crippen LogP contribution in [0.15, 0.2) is 54.6 Å². The second-order valence-corrected chi connectivity index (χ2v) is 3.59. The van der Waals surface area contributed by atoms with Crippen LogP contribution in [0.1, 0.15) is 38.8 Å². The number of hydrogen-bond donors (Lipinski definition) is 0. The standard InChI is InChI=1S/C14H14O.2C2H6/c1-12-6-5-9-14(10-12)15-11-13-7-3-2-4-8-13;2*1-2/h2-10H,11H2,1H3;2*1-2H3. The lowest BCUT2D eigenvalue weighted by Crippen LogP contribution is -1.94. The Bertz CT molecular complexity index is 421. The maximum absolute atomic E-state index is 5.67. The molecular formula is C18H26O. The predicted molar refractivity (Wildman–Crippen MR) is 84.6 cm³/mol.